The molecule has 0 aromatic heterocycles. The first-order valence-corrected chi connectivity index (χ1v) is 9.72. The normalized spacial score (nSPS) is 16.3. The summed E-state index contributed by atoms with van der Waals surface area (Å²) >= 11 is 5.72. The molecule has 1 aliphatic heterocycles. The zero-order valence-electron chi connectivity index (χ0n) is 13.0. The number of alkyl halides is 1. The second-order valence-corrected chi connectivity index (χ2v) is 7.62. The maximum atomic E-state index is 12.5. The summed E-state index contributed by atoms with van der Waals surface area (Å²) in [5.74, 6) is 1.28. The third kappa shape index (κ3) is 4.71. The van der Waals surface area contributed by atoms with Crippen LogP contribution in [0.3, 0.4) is 0 Å². The second kappa shape index (κ2) is 7.97. The Bertz CT molecular complexity index is 606. The van der Waals surface area contributed by atoms with Crippen LogP contribution in [-0.2, 0) is 10.0 Å². The van der Waals surface area contributed by atoms with Gasteiger partial charge in [0, 0.05) is 25.4 Å². The van der Waals surface area contributed by atoms with Crippen molar-refractivity contribution in [2.75, 3.05) is 19.0 Å². The standard InChI is InChI=1S/C16H23ClN2O2S/c1-14-7-9-15(10-8-14)22(20,21)18-16(6-2-3-11-17)19-12-4-5-13-19/h7-10H,2-6,11-13H2,1H3/b18-16-. The van der Waals surface area contributed by atoms with Gasteiger partial charge in [-0.05, 0) is 44.7 Å². The Labute approximate surface area is 138 Å². The van der Waals surface area contributed by atoms with Crippen LogP contribution in [0.4, 0.5) is 0 Å². The quantitative estimate of drug-likeness (QED) is 0.343. The molecule has 1 aliphatic rings. The molecule has 1 aromatic carbocycles. The average molecular weight is 343 g/mol. The van der Waals surface area contributed by atoms with E-state index in [1.165, 1.54) is 0 Å². The number of halogens is 1. The van der Waals surface area contributed by atoms with E-state index in [2.05, 4.69) is 9.30 Å². The fraction of sp³-hybridized carbons (Fsp3) is 0.562. The van der Waals surface area contributed by atoms with Gasteiger partial charge in [0.05, 0.1) is 4.90 Å². The highest BCUT2D eigenvalue weighted by molar-refractivity contribution is 7.90. The van der Waals surface area contributed by atoms with E-state index in [0.29, 0.717) is 18.1 Å². The molecule has 22 heavy (non-hydrogen) atoms. The van der Waals surface area contributed by atoms with E-state index in [1.807, 2.05) is 6.92 Å². The van der Waals surface area contributed by atoms with Crippen molar-refractivity contribution in [3.05, 3.63) is 29.8 Å². The molecule has 0 N–H and O–H groups in total. The summed E-state index contributed by atoms with van der Waals surface area (Å²) < 4.78 is 29.1. The van der Waals surface area contributed by atoms with Crippen LogP contribution in [0, 0.1) is 6.92 Å². The third-order valence-corrected chi connectivity index (χ3v) is 5.39. The van der Waals surface area contributed by atoms with Gasteiger partial charge in [-0.3, -0.25) is 0 Å². The maximum absolute atomic E-state index is 12.5. The van der Waals surface area contributed by atoms with E-state index in [0.717, 1.165) is 44.3 Å². The number of rotatable bonds is 6. The number of amidine groups is 1. The molecule has 0 saturated carbocycles. The average Bonchev–Trinajstić information content (AvgIpc) is 3.01. The molecule has 0 bridgehead atoms. The molecule has 0 atom stereocenters. The summed E-state index contributed by atoms with van der Waals surface area (Å²) in [5, 5.41) is 0. The molecule has 1 fully saturated rings. The molecule has 0 aliphatic carbocycles. The molecule has 4 nitrogen and oxygen atoms in total. The minimum atomic E-state index is -3.64. The topological polar surface area (TPSA) is 49.7 Å². The highest BCUT2D eigenvalue weighted by Gasteiger charge is 2.20. The Balaban J connectivity index is 2.23. The van der Waals surface area contributed by atoms with Crippen molar-refractivity contribution < 1.29 is 8.42 Å². The summed E-state index contributed by atoms with van der Waals surface area (Å²) in [6.45, 7) is 3.72. The van der Waals surface area contributed by atoms with Crippen molar-refractivity contribution in [1.82, 2.24) is 4.90 Å². The zero-order valence-corrected chi connectivity index (χ0v) is 14.5. The number of likely N-dealkylation sites (tertiary alicyclic amines) is 1. The lowest BCUT2D eigenvalue weighted by molar-refractivity contribution is 0.502. The molecular formula is C16H23ClN2O2S. The van der Waals surface area contributed by atoms with E-state index in [4.69, 9.17) is 11.6 Å². The minimum Gasteiger partial charge on any atom is -0.359 e. The Kier molecular flexibility index (Phi) is 6.26. The first kappa shape index (κ1) is 17.3. The number of unbranched alkanes of at least 4 members (excludes halogenated alkanes) is 1. The molecule has 122 valence electrons. The SMILES string of the molecule is Cc1ccc(S(=O)(=O)/N=C(/CCCCCl)N2CCCC2)cc1. The Hall–Kier alpha value is -1.07. The summed E-state index contributed by atoms with van der Waals surface area (Å²) in [4.78, 5) is 2.35. The van der Waals surface area contributed by atoms with Gasteiger partial charge < -0.3 is 4.90 Å². The monoisotopic (exact) mass is 342 g/mol. The number of benzene rings is 1. The number of nitrogens with zero attached hydrogens (tertiary/aromatic N) is 2. The number of aryl methyl sites for hydroxylation is 1. The van der Waals surface area contributed by atoms with Crippen molar-refractivity contribution in [3.63, 3.8) is 0 Å². The summed E-state index contributed by atoms with van der Waals surface area (Å²) in [7, 11) is -3.64. The second-order valence-electron chi connectivity index (χ2n) is 5.64. The van der Waals surface area contributed by atoms with Crippen LogP contribution in [0.1, 0.15) is 37.7 Å². The fourth-order valence-electron chi connectivity index (χ4n) is 2.52. The van der Waals surface area contributed by atoms with Gasteiger partial charge in [-0.2, -0.15) is 8.42 Å². The lowest BCUT2D eigenvalue weighted by atomic mass is 10.2. The summed E-state index contributed by atoms with van der Waals surface area (Å²) in [6.07, 6.45) is 4.59. The van der Waals surface area contributed by atoms with Crippen LogP contribution in [0.5, 0.6) is 0 Å². The molecule has 0 unspecified atom stereocenters. The first-order chi connectivity index (χ1) is 10.5. The van der Waals surface area contributed by atoms with Crippen LogP contribution >= 0.6 is 11.6 Å². The van der Waals surface area contributed by atoms with Crippen LogP contribution < -0.4 is 0 Å². The van der Waals surface area contributed by atoms with E-state index >= 15 is 0 Å². The van der Waals surface area contributed by atoms with Crippen molar-refractivity contribution in [1.29, 1.82) is 0 Å². The van der Waals surface area contributed by atoms with E-state index in [-0.39, 0.29) is 4.90 Å². The van der Waals surface area contributed by atoms with Crippen LogP contribution in [0.15, 0.2) is 33.6 Å². The van der Waals surface area contributed by atoms with Gasteiger partial charge in [0.25, 0.3) is 10.0 Å². The molecule has 0 radical (unpaired) electrons. The van der Waals surface area contributed by atoms with Crippen molar-refractivity contribution >= 4 is 27.5 Å². The molecule has 0 spiro atoms. The van der Waals surface area contributed by atoms with Gasteiger partial charge in [0.1, 0.15) is 5.84 Å². The highest BCUT2D eigenvalue weighted by atomic mass is 35.5. The maximum Gasteiger partial charge on any atom is 0.283 e. The summed E-state index contributed by atoms with van der Waals surface area (Å²) in [5.41, 5.74) is 1.03. The van der Waals surface area contributed by atoms with Crippen molar-refractivity contribution in [3.8, 4) is 0 Å². The molecule has 1 heterocycles. The van der Waals surface area contributed by atoms with Crippen LogP contribution in [0.25, 0.3) is 0 Å². The lowest BCUT2D eigenvalue weighted by Crippen LogP contribution is -2.28. The molecule has 1 saturated heterocycles. The molecule has 0 amide bonds. The van der Waals surface area contributed by atoms with Gasteiger partial charge in [0.15, 0.2) is 0 Å². The van der Waals surface area contributed by atoms with E-state index in [1.54, 1.807) is 24.3 Å². The minimum absolute atomic E-state index is 0.257. The number of hydrogen-bond acceptors (Lipinski definition) is 2. The Morgan fingerprint density at radius 3 is 2.41 bits per heavy atom. The highest BCUT2D eigenvalue weighted by Crippen LogP contribution is 2.18. The molecule has 1 aromatic rings. The van der Waals surface area contributed by atoms with Gasteiger partial charge in [-0.25, -0.2) is 0 Å². The molecule has 2 rings (SSSR count). The fourth-order valence-corrected chi connectivity index (χ4v) is 3.77. The van der Waals surface area contributed by atoms with E-state index in [9.17, 15) is 8.42 Å². The predicted octanol–water partition coefficient (Wildman–Crippen LogP) is 3.59. The zero-order chi connectivity index (χ0) is 16.0. The predicted molar refractivity (Wildman–Crippen MR) is 91.2 cm³/mol. The number of sulfonamides is 1. The van der Waals surface area contributed by atoms with Gasteiger partial charge in [-0.1, -0.05) is 17.7 Å². The van der Waals surface area contributed by atoms with Gasteiger partial charge in [0.2, 0.25) is 0 Å². The van der Waals surface area contributed by atoms with Crippen LogP contribution in [0.2, 0.25) is 0 Å². The molecule has 6 heteroatoms. The smallest absolute Gasteiger partial charge is 0.283 e. The van der Waals surface area contributed by atoms with Crippen molar-refractivity contribution in [2.45, 2.75) is 43.9 Å². The van der Waals surface area contributed by atoms with Crippen molar-refractivity contribution in [2.24, 2.45) is 4.40 Å². The first-order valence-electron chi connectivity index (χ1n) is 7.74. The largest absolute Gasteiger partial charge is 0.359 e. The third-order valence-electron chi connectivity index (χ3n) is 3.80. The van der Waals surface area contributed by atoms with Gasteiger partial charge in [-0.15, -0.1) is 16.0 Å². The van der Waals surface area contributed by atoms with Gasteiger partial charge >= 0.3 is 0 Å². The Morgan fingerprint density at radius 2 is 1.82 bits per heavy atom. The summed E-state index contributed by atoms with van der Waals surface area (Å²) in [6, 6.07) is 6.83. The lowest BCUT2D eigenvalue weighted by Gasteiger charge is -2.19. The van der Waals surface area contributed by atoms with Crippen LogP contribution in [-0.4, -0.2) is 38.1 Å². The van der Waals surface area contributed by atoms with E-state index < -0.39 is 10.0 Å². The molecular weight excluding hydrogens is 320 g/mol. The Morgan fingerprint density at radius 1 is 1.18 bits per heavy atom. The number of hydrogen-bond donors (Lipinski definition) is 0.